The first kappa shape index (κ1) is 16.2. The van der Waals surface area contributed by atoms with Gasteiger partial charge in [0.05, 0.1) is 7.11 Å². The number of methoxy groups -OCH3 is 1. The Morgan fingerprint density at radius 3 is 2.58 bits per heavy atom. The molecule has 0 amide bonds. The number of aromatic nitrogens is 2. The lowest BCUT2D eigenvalue weighted by Gasteiger charge is -2.32. The van der Waals surface area contributed by atoms with Gasteiger partial charge in [-0.2, -0.15) is 5.10 Å². The highest BCUT2D eigenvalue weighted by Gasteiger charge is 2.37. The fourth-order valence-corrected chi connectivity index (χ4v) is 3.00. The zero-order valence-corrected chi connectivity index (χ0v) is 14.6. The van der Waals surface area contributed by atoms with Crippen LogP contribution in [-0.4, -0.2) is 23.3 Å². The molecule has 0 spiro atoms. The van der Waals surface area contributed by atoms with Crippen LogP contribution in [-0.2, 0) is 5.66 Å². The Morgan fingerprint density at radius 1 is 1.12 bits per heavy atom. The van der Waals surface area contributed by atoms with E-state index in [1.165, 1.54) is 0 Å². The molecule has 2 heterocycles. The van der Waals surface area contributed by atoms with Gasteiger partial charge in [-0.15, -0.1) is 0 Å². The zero-order chi connectivity index (χ0) is 18.1. The van der Waals surface area contributed by atoms with Crippen LogP contribution >= 0.6 is 0 Å². The number of hydrogen-bond acceptors (Lipinski definition) is 6. The van der Waals surface area contributed by atoms with Gasteiger partial charge < -0.3 is 15.4 Å². The number of nitrogens with two attached hydrogens (primary N) is 1. The summed E-state index contributed by atoms with van der Waals surface area (Å²) in [6.45, 7) is 1.94. The van der Waals surface area contributed by atoms with Crippen LogP contribution < -0.4 is 21.1 Å². The molecule has 0 radical (unpaired) electrons. The topological polar surface area (TPSA) is 100 Å². The van der Waals surface area contributed by atoms with E-state index in [4.69, 9.17) is 15.5 Å². The highest BCUT2D eigenvalue weighted by atomic mass is 16.5. The summed E-state index contributed by atoms with van der Waals surface area (Å²) in [5.41, 5.74) is 9.87. The summed E-state index contributed by atoms with van der Waals surface area (Å²) >= 11 is 0. The van der Waals surface area contributed by atoms with Gasteiger partial charge in [-0.25, -0.2) is 4.99 Å². The first-order valence-corrected chi connectivity index (χ1v) is 8.27. The van der Waals surface area contributed by atoms with E-state index in [-0.39, 0.29) is 0 Å². The molecule has 4 rings (SSSR count). The SMILES string of the molecule is COc1ccc(NC2=NC(N)(c3cc(C)[nH]n3)c3ccccc3N2)cc1. The van der Waals surface area contributed by atoms with E-state index in [1.54, 1.807) is 7.11 Å². The number of rotatable bonds is 3. The molecule has 1 unspecified atom stereocenters. The fraction of sp³-hybridized carbons (Fsp3) is 0.158. The number of aromatic amines is 1. The third-order valence-electron chi connectivity index (χ3n) is 4.33. The summed E-state index contributed by atoms with van der Waals surface area (Å²) in [7, 11) is 1.64. The quantitative estimate of drug-likeness (QED) is 0.583. The second kappa shape index (κ2) is 6.20. The van der Waals surface area contributed by atoms with Crippen molar-refractivity contribution in [2.45, 2.75) is 12.6 Å². The minimum atomic E-state index is -1.08. The maximum atomic E-state index is 6.73. The van der Waals surface area contributed by atoms with Crippen molar-refractivity contribution in [2.24, 2.45) is 10.7 Å². The number of guanidine groups is 1. The highest BCUT2D eigenvalue weighted by molar-refractivity contribution is 6.06. The van der Waals surface area contributed by atoms with E-state index in [9.17, 15) is 0 Å². The molecule has 26 heavy (non-hydrogen) atoms. The molecule has 5 N–H and O–H groups in total. The number of nitrogens with zero attached hydrogens (tertiary/aromatic N) is 2. The monoisotopic (exact) mass is 348 g/mol. The van der Waals surface area contributed by atoms with Gasteiger partial charge in [-0.05, 0) is 43.3 Å². The summed E-state index contributed by atoms with van der Waals surface area (Å²) < 4.78 is 5.19. The molecule has 0 fully saturated rings. The van der Waals surface area contributed by atoms with E-state index in [0.29, 0.717) is 11.7 Å². The number of anilines is 2. The number of fused-ring (bicyclic) bond motifs is 1. The third-order valence-corrected chi connectivity index (χ3v) is 4.33. The molecule has 1 aliphatic heterocycles. The minimum absolute atomic E-state index is 0.553. The first-order chi connectivity index (χ1) is 12.6. The van der Waals surface area contributed by atoms with Crippen molar-refractivity contribution in [3.05, 3.63) is 71.5 Å². The molecule has 132 valence electrons. The predicted molar refractivity (Wildman–Crippen MR) is 102 cm³/mol. The Kier molecular flexibility index (Phi) is 3.85. The molecule has 0 saturated heterocycles. The number of aryl methyl sites for hydroxylation is 1. The second-order valence-electron chi connectivity index (χ2n) is 6.19. The third kappa shape index (κ3) is 2.78. The summed E-state index contributed by atoms with van der Waals surface area (Å²) in [6, 6.07) is 17.3. The number of benzene rings is 2. The van der Waals surface area contributed by atoms with Crippen LogP contribution in [0.15, 0.2) is 59.6 Å². The van der Waals surface area contributed by atoms with Crippen molar-refractivity contribution >= 4 is 17.3 Å². The van der Waals surface area contributed by atoms with Gasteiger partial charge in [0.1, 0.15) is 11.4 Å². The number of nitrogens with one attached hydrogen (secondary N) is 3. The molecular weight excluding hydrogens is 328 g/mol. The molecule has 2 aromatic carbocycles. The Balaban J connectivity index is 1.73. The number of aliphatic imine (C=N–C) groups is 1. The smallest absolute Gasteiger partial charge is 0.202 e. The second-order valence-corrected chi connectivity index (χ2v) is 6.19. The van der Waals surface area contributed by atoms with E-state index < -0.39 is 5.66 Å². The molecule has 0 bridgehead atoms. The largest absolute Gasteiger partial charge is 0.497 e. The molecule has 1 atom stereocenters. The van der Waals surface area contributed by atoms with Crippen LogP contribution in [0.5, 0.6) is 5.75 Å². The van der Waals surface area contributed by atoms with Crippen molar-refractivity contribution in [3.8, 4) is 5.75 Å². The Labute approximate surface area is 151 Å². The number of para-hydroxylation sites is 1. The number of ether oxygens (including phenoxy) is 1. The van der Waals surface area contributed by atoms with Crippen molar-refractivity contribution in [3.63, 3.8) is 0 Å². The Morgan fingerprint density at radius 2 is 1.88 bits per heavy atom. The van der Waals surface area contributed by atoms with Gasteiger partial charge in [0.2, 0.25) is 5.96 Å². The van der Waals surface area contributed by atoms with Gasteiger partial charge in [0.25, 0.3) is 0 Å². The lowest BCUT2D eigenvalue weighted by atomic mass is 9.94. The van der Waals surface area contributed by atoms with E-state index in [0.717, 1.165) is 28.4 Å². The maximum Gasteiger partial charge on any atom is 0.202 e. The Bertz CT molecular complexity index is 962. The number of hydrogen-bond donors (Lipinski definition) is 4. The van der Waals surface area contributed by atoms with E-state index in [2.05, 4.69) is 20.8 Å². The summed E-state index contributed by atoms with van der Waals surface area (Å²) in [5.74, 6) is 1.34. The van der Waals surface area contributed by atoms with Crippen molar-refractivity contribution in [1.29, 1.82) is 0 Å². The van der Waals surface area contributed by atoms with Gasteiger partial charge in [0, 0.05) is 22.6 Å². The van der Waals surface area contributed by atoms with Gasteiger partial charge in [-0.1, -0.05) is 18.2 Å². The molecule has 1 aliphatic rings. The Hall–Kier alpha value is -3.32. The average Bonchev–Trinajstić information content (AvgIpc) is 3.10. The van der Waals surface area contributed by atoms with E-state index >= 15 is 0 Å². The van der Waals surface area contributed by atoms with Gasteiger partial charge in [-0.3, -0.25) is 10.8 Å². The average molecular weight is 348 g/mol. The molecule has 3 aromatic rings. The van der Waals surface area contributed by atoms with Gasteiger partial charge in [0.15, 0.2) is 5.66 Å². The van der Waals surface area contributed by atoms with Crippen LogP contribution in [0.2, 0.25) is 0 Å². The number of H-pyrrole nitrogens is 1. The van der Waals surface area contributed by atoms with Crippen LogP contribution in [0.4, 0.5) is 11.4 Å². The van der Waals surface area contributed by atoms with Crippen molar-refractivity contribution in [1.82, 2.24) is 10.2 Å². The zero-order valence-electron chi connectivity index (χ0n) is 14.6. The minimum Gasteiger partial charge on any atom is -0.497 e. The summed E-state index contributed by atoms with van der Waals surface area (Å²) in [5, 5.41) is 13.9. The first-order valence-electron chi connectivity index (χ1n) is 8.27. The summed E-state index contributed by atoms with van der Waals surface area (Å²) in [6.07, 6.45) is 0. The molecule has 0 aliphatic carbocycles. The van der Waals surface area contributed by atoms with Crippen LogP contribution in [0.3, 0.4) is 0 Å². The van der Waals surface area contributed by atoms with Gasteiger partial charge >= 0.3 is 0 Å². The molecule has 7 heteroatoms. The lowest BCUT2D eigenvalue weighted by molar-refractivity contribution is 0.415. The molecule has 0 saturated carbocycles. The van der Waals surface area contributed by atoms with Crippen LogP contribution in [0.25, 0.3) is 0 Å². The standard InChI is InChI=1S/C19H20N6O/c1-12-11-17(25-24-12)19(20)15-5-3-4-6-16(15)22-18(23-19)21-13-7-9-14(26-2)10-8-13/h3-11H,20H2,1-2H3,(H,24,25)(H2,21,22,23). The predicted octanol–water partition coefficient (Wildman–Crippen LogP) is 2.78. The van der Waals surface area contributed by atoms with E-state index in [1.807, 2.05) is 61.5 Å². The van der Waals surface area contributed by atoms with Crippen LogP contribution in [0.1, 0.15) is 17.0 Å². The molecular formula is C19H20N6O. The molecule has 7 nitrogen and oxygen atoms in total. The highest BCUT2D eigenvalue weighted by Crippen LogP contribution is 2.36. The molecule has 1 aromatic heterocycles. The van der Waals surface area contributed by atoms with Crippen molar-refractivity contribution in [2.75, 3.05) is 17.7 Å². The van der Waals surface area contributed by atoms with Crippen molar-refractivity contribution < 1.29 is 4.74 Å². The lowest BCUT2D eigenvalue weighted by Crippen LogP contribution is -2.44. The maximum absolute atomic E-state index is 6.73. The fourth-order valence-electron chi connectivity index (χ4n) is 3.00. The summed E-state index contributed by atoms with van der Waals surface area (Å²) in [4.78, 5) is 4.73. The van der Waals surface area contributed by atoms with Crippen LogP contribution in [0, 0.1) is 6.92 Å². The normalized spacial score (nSPS) is 18.5.